The van der Waals surface area contributed by atoms with Crippen LogP contribution in [0.1, 0.15) is 93.9 Å². The van der Waals surface area contributed by atoms with E-state index in [1.807, 2.05) is 0 Å². The molecular formula is C25H34Cl2OTi. The maximum atomic E-state index is 11.4. The predicted molar refractivity (Wildman–Crippen MR) is 110 cm³/mol. The normalized spacial score (nSPS) is 23.1. The summed E-state index contributed by atoms with van der Waals surface area (Å²) in [4.78, 5) is 0. The van der Waals surface area contributed by atoms with E-state index in [0.29, 0.717) is 17.6 Å². The van der Waals surface area contributed by atoms with E-state index in [1.165, 1.54) is 61.6 Å². The van der Waals surface area contributed by atoms with Crippen LogP contribution >= 0.6 is 0 Å². The largest absolute Gasteiger partial charge is 2.00 e. The van der Waals surface area contributed by atoms with Crippen molar-refractivity contribution in [3.05, 3.63) is 51.1 Å². The summed E-state index contributed by atoms with van der Waals surface area (Å²) >= 11 is 0. The van der Waals surface area contributed by atoms with Crippen molar-refractivity contribution in [3.8, 4) is 5.75 Å². The third-order valence-electron chi connectivity index (χ3n) is 7.10. The number of aryl methyl sites for hydroxylation is 1. The van der Waals surface area contributed by atoms with Gasteiger partial charge in [-0.2, -0.15) is 0 Å². The first kappa shape index (κ1) is 26.8. The average Bonchev–Trinajstić information content (AvgIpc) is 2.92. The number of phenolic OH excluding ortho intramolecular Hbond substituents is 1. The first-order chi connectivity index (χ1) is 12.3. The minimum atomic E-state index is -0.0416. The van der Waals surface area contributed by atoms with Gasteiger partial charge in [0.05, 0.1) is 0 Å². The van der Waals surface area contributed by atoms with E-state index in [-0.39, 0.29) is 51.9 Å². The first-order valence-electron chi connectivity index (χ1n) is 10.6. The summed E-state index contributed by atoms with van der Waals surface area (Å²) in [5, 5.41) is 11.4. The minimum Gasteiger partial charge on any atom is -1.00 e. The van der Waals surface area contributed by atoms with Gasteiger partial charge in [0, 0.05) is 17.4 Å². The summed E-state index contributed by atoms with van der Waals surface area (Å²) in [6.45, 7) is 11.1. The average molecular weight is 469 g/mol. The Kier molecular flexibility index (Phi) is 9.20. The van der Waals surface area contributed by atoms with Gasteiger partial charge in [-0.3, -0.25) is 0 Å². The van der Waals surface area contributed by atoms with Gasteiger partial charge in [0.2, 0.25) is 0 Å². The Morgan fingerprint density at radius 1 is 0.966 bits per heavy atom. The molecule has 1 nitrogen and oxygen atoms in total. The molecule has 158 valence electrons. The van der Waals surface area contributed by atoms with Gasteiger partial charge >= 0.3 is 21.7 Å². The van der Waals surface area contributed by atoms with Gasteiger partial charge in [-0.05, 0) is 80.9 Å². The van der Waals surface area contributed by atoms with Crippen LogP contribution in [0.5, 0.6) is 5.75 Å². The molecule has 4 rings (SSSR count). The number of hydrogen-bond donors (Lipinski definition) is 1. The first-order valence-corrected chi connectivity index (χ1v) is 10.6. The zero-order valence-electron chi connectivity index (χ0n) is 18.5. The molecule has 29 heavy (non-hydrogen) atoms. The quantitative estimate of drug-likeness (QED) is 0.481. The molecular weight excluding hydrogens is 435 g/mol. The topological polar surface area (TPSA) is 20.2 Å². The molecule has 0 bridgehead atoms. The second kappa shape index (κ2) is 9.94. The van der Waals surface area contributed by atoms with E-state index in [2.05, 4.69) is 46.8 Å². The number of halogens is 2. The molecule has 2 unspecified atom stereocenters. The van der Waals surface area contributed by atoms with Crippen molar-refractivity contribution in [3.63, 3.8) is 0 Å². The van der Waals surface area contributed by atoms with Crippen molar-refractivity contribution in [2.45, 2.75) is 90.9 Å². The van der Waals surface area contributed by atoms with Crippen molar-refractivity contribution in [1.29, 1.82) is 0 Å². The molecule has 1 aromatic rings. The predicted octanol–water partition coefficient (Wildman–Crippen LogP) is 1.01. The smallest absolute Gasteiger partial charge is 1.00 e. The van der Waals surface area contributed by atoms with Gasteiger partial charge in [0.15, 0.2) is 0 Å². The molecule has 0 heterocycles. The van der Waals surface area contributed by atoms with Gasteiger partial charge < -0.3 is 29.9 Å². The fourth-order valence-electron chi connectivity index (χ4n) is 5.67. The van der Waals surface area contributed by atoms with Gasteiger partial charge in [0.25, 0.3) is 0 Å². The zero-order valence-corrected chi connectivity index (χ0v) is 21.5. The molecule has 3 aliphatic carbocycles. The Balaban J connectivity index is 0.00000140. The number of allylic oxidation sites excluding steroid dienone is 4. The molecule has 4 heteroatoms. The molecule has 3 aliphatic rings. The van der Waals surface area contributed by atoms with Crippen molar-refractivity contribution in [2.75, 3.05) is 0 Å². The van der Waals surface area contributed by atoms with E-state index in [1.54, 1.807) is 16.7 Å². The SMILES string of the molecule is Cc1cc(C(C)(C)C)c(O)c(C2C3=CCCCC3C3=C2CCCC3)c1C.[Cl-].[Cl-].[Ti+2]. The van der Waals surface area contributed by atoms with Crippen LogP contribution in [0.3, 0.4) is 0 Å². The van der Waals surface area contributed by atoms with Crippen LogP contribution in [-0.4, -0.2) is 5.11 Å². The third kappa shape index (κ3) is 4.54. The van der Waals surface area contributed by atoms with Gasteiger partial charge in [-0.1, -0.05) is 49.6 Å². The number of rotatable bonds is 1. The molecule has 0 fully saturated rings. The fourth-order valence-corrected chi connectivity index (χ4v) is 5.67. The monoisotopic (exact) mass is 468 g/mol. The van der Waals surface area contributed by atoms with Gasteiger partial charge in [-0.25, -0.2) is 0 Å². The summed E-state index contributed by atoms with van der Waals surface area (Å²) in [7, 11) is 0. The van der Waals surface area contributed by atoms with Crippen LogP contribution in [0.15, 0.2) is 28.9 Å². The third-order valence-corrected chi connectivity index (χ3v) is 7.10. The zero-order chi connectivity index (χ0) is 18.6. The summed E-state index contributed by atoms with van der Waals surface area (Å²) in [5.41, 5.74) is 9.93. The Bertz CT molecular complexity index is 817. The summed E-state index contributed by atoms with van der Waals surface area (Å²) < 4.78 is 0. The second-order valence-corrected chi connectivity index (χ2v) is 9.76. The standard InChI is InChI=1S/C25H34O.2ClH.Ti/c1-15-14-21(25(3,4)5)24(26)22(16(15)2)23-19-12-8-6-10-17(19)18-11-7-9-13-20(18)23;;;/h12,14,17,23,26H,6-11,13H2,1-5H3;2*1H;/q;;;+2/p-2. The number of hydrogen-bond acceptors (Lipinski definition) is 1. The van der Waals surface area contributed by atoms with Crippen molar-refractivity contribution < 1.29 is 51.6 Å². The van der Waals surface area contributed by atoms with Crippen molar-refractivity contribution in [1.82, 2.24) is 0 Å². The van der Waals surface area contributed by atoms with Crippen molar-refractivity contribution in [2.24, 2.45) is 5.92 Å². The molecule has 0 aliphatic heterocycles. The summed E-state index contributed by atoms with van der Waals surface area (Å²) in [5.74, 6) is 1.58. The molecule has 0 saturated heterocycles. The summed E-state index contributed by atoms with van der Waals surface area (Å²) in [6, 6.07) is 2.21. The Labute approximate surface area is 204 Å². The van der Waals surface area contributed by atoms with E-state index in [9.17, 15) is 5.11 Å². The molecule has 0 aromatic heterocycles. The molecule has 1 N–H and O–H groups in total. The number of benzene rings is 1. The Morgan fingerprint density at radius 3 is 2.21 bits per heavy atom. The number of fused-ring (bicyclic) bond motifs is 2. The molecule has 0 spiro atoms. The van der Waals surface area contributed by atoms with Crippen LogP contribution in [0.25, 0.3) is 0 Å². The maximum Gasteiger partial charge on any atom is 2.00 e. The van der Waals surface area contributed by atoms with Crippen molar-refractivity contribution >= 4 is 0 Å². The van der Waals surface area contributed by atoms with E-state index < -0.39 is 0 Å². The van der Waals surface area contributed by atoms with Crippen LogP contribution in [0, 0.1) is 19.8 Å². The fraction of sp³-hybridized carbons (Fsp3) is 0.600. The molecule has 0 saturated carbocycles. The molecule has 1 aromatic carbocycles. The molecule has 0 amide bonds. The number of aromatic hydroxyl groups is 1. The van der Waals surface area contributed by atoms with E-state index >= 15 is 0 Å². The van der Waals surface area contributed by atoms with Crippen LogP contribution in [0.4, 0.5) is 0 Å². The number of phenols is 1. The minimum absolute atomic E-state index is 0. The Morgan fingerprint density at radius 2 is 1.59 bits per heavy atom. The van der Waals surface area contributed by atoms with Crippen LogP contribution < -0.4 is 24.8 Å². The van der Waals surface area contributed by atoms with Crippen LogP contribution in [-0.2, 0) is 27.1 Å². The maximum absolute atomic E-state index is 11.4. The van der Waals surface area contributed by atoms with E-state index in [0.717, 1.165) is 5.56 Å². The molecule has 0 radical (unpaired) electrons. The van der Waals surface area contributed by atoms with Gasteiger partial charge in [-0.15, -0.1) is 0 Å². The van der Waals surface area contributed by atoms with E-state index in [4.69, 9.17) is 0 Å². The summed E-state index contributed by atoms with van der Waals surface area (Å²) in [6.07, 6.45) is 11.5. The second-order valence-electron chi connectivity index (χ2n) is 9.76. The van der Waals surface area contributed by atoms with Gasteiger partial charge in [0.1, 0.15) is 5.75 Å². The molecule has 2 atom stereocenters. The van der Waals surface area contributed by atoms with Crippen LogP contribution in [0.2, 0.25) is 0 Å². The Hall–Kier alpha value is -0.206.